The molecule has 1 aromatic rings. The van der Waals surface area contributed by atoms with Crippen LogP contribution in [0, 0.1) is 17.2 Å². The monoisotopic (exact) mass is 435 g/mol. The molecule has 0 N–H and O–H groups in total. The molecule has 2 atom stereocenters. The first-order chi connectivity index (χ1) is 14.5. The largest absolute Gasteiger partial charge is 0.492 e. The molecule has 3 heterocycles. The van der Waals surface area contributed by atoms with Crippen molar-refractivity contribution in [1.29, 1.82) is 5.26 Å². The second-order valence-electron chi connectivity index (χ2n) is 8.24. The summed E-state index contributed by atoms with van der Waals surface area (Å²) >= 11 is 0. The van der Waals surface area contributed by atoms with Gasteiger partial charge in [0.1, 0.15) is 22.2 Å². The number of fused-ring (bicyclic) bond motifs is 6. The molecule has 0 radical (unpaired) electrons. The number of benzene rings is 1. The number of nitrogens with zero attached hydrogens (tertiary/aromatic N) is 3. The number of nitriles is 1. The van der Waals surface area contributed by atoms with E-state index in [0.29, 0.717) is 24.5 Å². The zero-order valence-corrected chi connectivity index (χ0v) is 18.6. The Kier molecular flexibility index (Phi) is 8.51. The Bertz CT molecular complexity index is 791. The van der Waals surface area contributed by atoms with Crippen LogP contribution in [0.3, 0.4) is 0 Å². The Morgan fingerprint density at radius 2 is 1.83 bits per heavy atom. The van der Waals surface area contributed by atoms with E-state index in [0.717, 1.165) is 58.0 Å². The summed E-state index contributed by atoms with van der Waals surface area (Å²) in [6.45, 7) is 8.52. The third-order valence-electron chi connectivity index (χ3n) is 5.87. The fourth-order valence-corrected chi connectivity index (χ4v) is 5.05. The molecule has 2 unspecified atom stereocenters. The van der Waals surface area contributed by atoms with E-state index in [1.165, 1.54) is 0 Å². The van der Waals surface area contributed by atoms with Crippen LogP contribution >= 0.6 is 0 Å². The third-order valence-corrected chi connectivity index (χ3v) is 7.66. The summed E-state index contributed by atoms with van der Waals surface area (Å²) in [5.41, 5.74) is 0.632. The molecule has 0 amide bonds. The van der Waals surface area contributed by atoms with E-state index >= 15 is 0 Å². The quantitative estimate of drug-likeness (QED) is 0.585. The van der Waals surface area contributed by atoms with Crippen molar-refractivity contribution in [3.05, 3.63) is 29.8 Å². The van der Waals surface area contributed by atoms with Crippen LogP contribution in [0.25, 0.3) is 0 Å². The van der Waals surface area contributed by atoms with Crippen molar-refractivity contribution in [2.75, 3.05) is 64.0 Å². The summed E-state index contributed by atoms with van der Waals surface area (Å²) < 4.78 is 35.5. The summed E-state index contributed by atoms with van der Waals surface area (Å²) in [7, 11) is -2.90. The molecule has 30 heavy (non-hydrogen) atoms. The van der Waals surface area contributed by atoms with E-state index in [9.17, 15) is 8.42 Å². The van der Waals surface area contributed by atoms with E-state index in [1.807, 2.05) is 12.1 Å². The van der Waals surface area contributed by atoms with Crippen molar-refractivity contribution in [2.24, 2.45) is 5.92 Å². The van der Waals surface area contributed by atoms with Crippen LogP contribution < -0.4 is 4.74 Å². The lowest BCUT2D eigenvalue weighted by Gasteiger charge is -2.41. The standard InChI is InChI=1S/C22H33N3O4S/c1-2-30(26,27)13-3-9-24-15-20-8-11-28-22(17-24)18-25(16-20)10-12-29-21-6-4-19(14-23)5-7-21/h4-7,20,22H,2-3,8-13,15-18H2,1H3. The van der Waals surface area contributed by atoms with Crippen LogP contribution in [0.5, 0.6) is 5.75 Å². The Labute approximate surface area is 180 Å². The number of rotatable bonds is 9. The zero-order chi connectivity index (χ0) is 21.4. The molecule has 0 spiro atoms. The first-order valence-electron chi connectivity index (χ1n) is 10.9. The molecule has 2 bridgehead atoms. The van der Waals surface area contributed by atoms with Gasteiger partial charge in [0.15, 0.2) is 0 Å². The summed E-state index contributed by atoms with van der Waals surface area (Å²) in [5.74, 6) is 1.80. The first kappa shape index (κ1) is 23.0. The van der Waals surface area contributed by atoms with Gasteiger partial charge in [-0.05, 0) is 49.6 Å². The van der Waals surface area contributed by atoms with Gasteiger partial charge in [0, 0.05) is 45.1 Å². The fraction of sp³-hybridized carbons (Fsp3) is 0.682. The molecule has 0 aliphatic carbocycles. The van der Waals surface area contributed by atoms with E-state index in [4.69, 9.17) is 14.7 Å². The van der Waals surface area contributed by atoms with E-state index < -0.39 is 9.84 Å². The van der Waals surface area contributed by atoms with Gasteiger partial charge < -0.3 is 14.4 Å². The smallest absolute Gasteiger partial charge is 0.150 e. The highest BCUT2D eigenvalue weighted by Gasteiger charge is 2.29. The van der Waals surface area contributed by atoms with Gasteiger partial charge in [0.2, 0.25) is 0 Å². The highest BCUT2D eigenvalue weighted by molar-refractivity contribution is 7.91. The molecular formula is C22H33N3O4S. The van der Waals surface area contributed by atoms with Crippen molar-refractivity contribution < 1.29 is 17.9 Å². The molecule has 3 fully saturated rings. The second-order valence-corrected chi connectivity index (χ2v) is 10.7. The minimum absolute atomic E-state index is 0.143. The van der Waals surface area contributed by atoms with Crippen LogP contribution in [0.2, 0.25) is 0 Å². The fourth-order valence-electron chi connectivity index (χ4n) is 4.20. The molecule has 1 aromatic carbocycles. The van der Waals surface area contributed by atoms with E-state index in [1.54, 1.807) is 19.1 Å². The van der Waals surface area contributed by atoms with Gasteiger partial charge in [-0.1, -0.05) is 6.92 Å². The average Bonchev–Trinajstić information content (AvgIpc) is 2.69. The van der Waals surface area contributed by atoms with Crippen LogP contribution in [0.4, 0.5) is 0 Å². The summed E-state index contributed by atoms with van der Waals surface area (Å²) in [6, 6.07) is 9.32. The predicted molar refractivity (Wildman–Crippen MR) is 116 cm³/mol. The molecule has 4 rings (SSSR count). The normalized spacial score (nSPS) is 23.3. The molecule has 8 heteroatoms. The molecule has 0 aromatic heterocycles. The van der Waals surface area contributed by atoms with E-state index in [2.05, 4.69) is 15.9 Å². The highest BCUT2D eigenvalue weighted by atomic mass is 32.2. The molecular weight excluding hydrogens is 402 g/mol. The van der Waals surface area contributed by atoms with Gasteiger partial charge in [-0.2, -0.15) is 5.26 Å². The maximum absolute atomic E-state index is 11.8. The van der Waals surface area contributed by atoms with Crippen molar-refractivity contribution in [3.8, 4) is 11.8 Å². The number of ether oxygens (including phenoxy) is 2. The Hall–Kier alpha value is -1.66. The van der Waals surface area contributed by atoms with Crippen LogP contribution in [-0.4, -0.2) is 88.3 Å². The van der Waals surface area contributed by atoms with Gasteiger partial charge in [-0.3, -0.25) is 4.90 Å². The molecule has 3 aliphatic heterocycles. The number of hydrogen-bond donors (Lipinski definition) is 0. The van der Waals surface area contributed by atoms with Gasteiger partial charge in [-0.25, -0.2) is 8.42 Å². The van der Waals surface area contributed by atoms with Crippen molar-refractivity contribution in [1.82, 2.24) is 9.80 Å². The molecule has 3 aliphatic rings. The lowest BCUT2D eigenvalue weighted by atomic mass is 10.0. The zero-order valence-electron chi connectivity index (χ0n) is 17.8. The minimum atomic E-state index is -2.90. The second kappa shape index (κ2) is 11.1. The number of sulfone groups is 1. The Morgan fingerprint density at radius 1 is 1.13 bits per heavy atom. The summed E-state index contributed by atoms with van der Waals surface area (Å²) in [6.07, 6.45) is 1.87. The van der Waals surface area contributed by atoms with Crippen LogP contribution in [-0.2, 0) is 14.6 Å². The Morgan fingerprint density at radius 3 is 2.50 bits per heavy atom. The molecule has 0 saturated carbocycles. The highest BCUT2D eigenvalue weighted by Crippen LogP contribution is 2.20. The van der Waals surface area contributed by atoms with E-state index in [-0.39, 0.29) is 17.6 Å². The first-order valence-corrected chi connectivity index (χ1v) is 12.7. The van der Waals surface area contributed by atoms with Crippen LogP contribution in [0.1, 0.15) is 25.3 Å². The van der Waals surface area contributed by atoms with Gasteiger partial charge >= 0.3 is 0 Å². The predicted octanol–water partition coefficient (Wildman–Crippen LogP) is 1.78. The average molecular weight is 436 g/mol. The maximum atomic E-state index is 11.8. The van der Waals surface area contributed by atoms with Crippen LogP contribution in [0.15, 0.2) is 24.3 Å². The molecule has 166 valence electrons. The third kappa shape index (κ3) is 7.24. The topological polar surface area (TPSA) is 82.9 Å². The van der Waals surface area contributed by atoms with Crippen molar-refractivity contribution >= 4 is 9.84 Å². The minimum Gasteiger partial charge on any atom is -0.492 e. The Balaban J connectivity index is 1.47. The number of hydrogen-bond acceptors (Lipinski definition) is 7. The van der Waals surface area contributed by atoms with Crippen molar-refractivity contribution in [2.45, 2.75) is 25.9 Å². The van der Waals surface area contributed by atoms with Gasteiger partial charge in [0.05, 0.1) is 23.5 Å². The summed E-state index contributed by atoms with van der Waals surface area (Å²) in [5, 5.41) is 8.88. The summed E-state index contributed by atoms with van der Waals surface area (Å²) in [4.78, 5) is 4.82. The maximum Gasteiger partial charge on any atom is 0.150 e. The lowest BCUT2D eigenvalue weighted by molar-refractivity contribution is -0.0508. The molecule has 3 saturated heterocycles. The SMILES string of the molecule is CCS(=O)(=O)CCCN1CC2CCOC(C1)CN(CCOc1ccc(C#N)cc1)C2. The molecule has 7 nitrogen and oxygen atoms in total. The van der Waals surface area contributed by atoms with Gasteiger partial charge in [-0.15, -0.1) is 0 Å². The lowest BCUT2D eigenvalue weighted by Crippen LogP contribution is -2.52. The van der Waals surface area contributed by atoms with Gasteiger partial charge in [0.25, 0.3) is 0 Å². The van der Waals surface area contributed by atoms with Crippen molar-refractivity contribution in [3.63, 3.8) is 0 Å².